The van der Waals surface area contributed by atoms with Crippen LogP contribution in [0.3, 0.4) is 0 Å². The van der Waals surface area contributed by atoms with Crippen LogP contribution in [0.5, 0.6) is 0 Å². The fraction of sp³-hybridized carbons (Fsp3) is 0.375. The summed E-state index contributed by atoms with van der Waals surface area (Å²) in [4.78, 5) is 29.3. The van der Waals surface area contributed by atoms with E-state index in [-0.39, 0.29) is 5.91 Å². The Bertz CT molecular complexity index is 699. The van der Waals surface area contributed by atoms with E-state index in [2.05, 4.69) is 10.1 Å². The van der Waals surface area contributed by atoms with Crippen LogP contribution in [-0.2, 0) is 29.1 Å². The normalized spacial score (nSPS) is 16.9. The molecule has 0 spiro atoms. The quantitative estimate of drug-likeness (QED) is 0.892. The minimum atomic E-state index is -0.955. The molecule has 0 bridgehead atoms. The van der Waals surface area contributed by atoms with Gasteiger partial charge in [0, 0.05) is 25.9 Å². The Hall–Kier alpha value is -2.70. The molecule has 0 radical (unpaired) electrons. The molecule has 2 heterocycles. The van der Waals surface area contributed by atoms with Gasteiger partial charge in [0.1, 0.15) is 18.7 Å². The first-order valence-electron chi connectivity index (χ1n) is 7.56. The zero-order valence-electron chi connectivity index (χ0n) is 12.6. The van der Waals surface area contributed by atoms with E-state index in [1.54, 1.807) is 11.0 Å². The standard InChI is InChI=1S/C16H18N4O3/c21-15(6-3-7-19-11-17-10-18-19)20-9-13-5-2-1-4-12(13)8-14(20)16(22)23/h1-2,4-5,10-11,14H,3,6-9H2,(H,22,23)/t14-/m0/s1. The van der Waals surface area contributed by atoms with Gasteiger partial charge >= 0.3 is 5.97 Å². The molecule has 2 aromatic rings. The first kappa shape index (κ1) is 15.2. The average molecular weight is 314 g/mol. The number of amides is 1. The number of rotatable bonds is 5. The summed E-state index contributed by atoms with van der Waals surface area (Å²) in [6.45, 7) is 0.948. The van der Waals surface area contributed by atoms with Gasteiger partial charge in [0.05, 0.1) is 0 Å². The van der Waals surface area contributed by atoms with Crippen molar-refractivity contribution in [2.75, 3.05) is 0 Å². The first-order chi connectivity index (χ1) is 11.1. The Kier molecular flexibility index (Phi) is 4.36. The molecule has 0 fully saturated rings. The van der Waals surface area contributed by atoms with Crippen molar-refractivity contribution in [3.05, 3.63) is 48.0 Å². The van der Waals surface area contributed by atoms with Crippen molar-refractivity contribution in [3.8, 4) is 0 Å². The molecule has 1 aliphatic rings. The molecule has 0 saturated heterocycles. The molecule has 120 valence electrons. The van der Waals surface area contributed by atoms with Crippen LogP contribution in [0.1, 0.15) is 24.0 Å². The molecule has 1 aliphatic heterocycles. The minimum Gasteiger partial charge on any atom is -0.480 e. The van der Waals surface area contributed by atoms with Gasteiger partial charge in [0.2, 0.25) is 5.91 Å². The Morgan fingerprint density at radius 1 is 1.26 bits per heavy atom. The van der Waals surface area contributed by atoms with Gasteiger partial charge in [-0.2, -0.15) is 5.10 Å². The summed E-state index contributed by atoms with van der Waals surface area (Å²) in [6, 6.07) is 6.89. The summed E-state index contributed by atoms with van der Waals surface area (Å²) in [5.41, 5.74) is 2.03. The molecular weight excluding hydrogens is 296 g/mol. The molecule has 1 aromatic carbocycles. The third-order valence-corrected chi connectivity index (χ3v) is 4.10. The van der Waals surface area contributed by atoms with Crippen LogP contribution >= 0.6 is 0 Å². The van der Waals surface area contributed by atoms with E-state index in [1.807, 2.05) is 24.3 Å². The Labute approximate surface area is 133 Å². The average Bonchev–Trinajstić information content (AvgIpc) is 3.06. The number of nitrogens with zero attached hydrogens (tertiary/aromatic N) is 4. The number of fused-ring (bicyclic) bond motifs is 1. The van der Waals surface area contributed by atoms with Gasteiger partial charge in [0.15, 0.2) is 0 Å². The number of benzene rings is 1. The summed E-state index contributed by atoms with van der Waals surface area (Å²) >= 11 is 0. The van der Waals surface area contributed by atoms with Crippen LogP contribution < -0.4 is 0 Å². The fourth-order valence-corrected chi connectivity index (χ4v) is 2.89. The smallest absolute Gasteiger partial charge is 0.326 e. The molecule has 3 rings (SSSR count). The maximum atomic E-state index is 12.5. The highest BCUT2D eigenvalue weighted by Crippen LogP contribution is 2.24. The number of carboxylic acids is 1. The zero-order valence-corrected chi connectivity index (χ0v) is 12.6. The highest BCUT2D eigenvalue weighted by atomic mass is 16.4. The number of carbonyl (C=O) groups excluding carboxylic acids is 1. The molecule has 7 heteroatoms. The summed E-state index contributed by atoms with van der Waals surface area (Å²) in [5.74, 6) is -1.09. The van der Waals surface area contributed by atoms with E-state index in [4.69, 9.17) is 0 Å². The predicted molar refractivity (Wildman–Crippen MR) is 81.4 cm³/mol. The van der Waals surface area contributed by atoms with Crippen molar-refractivity contribution in [1.29, 1.82) is 0 Å². The van der Waals surface area contributed by atoms with Crippen LogP contribution in [0.25, 0.3) is 0 Å². The monoisotopic (exact) mass is 314 g/mol. The molecule has 1 N–H and O–H groups in total. The van der Waals surface area contributed by atoms with Gasteiger partial charge in [-0.3, -0.25) is 9.48 Å². The van der Waals surface area contributed by atoms with E-state index in [1.165, 1.54) is 11.2 Å². The van der Waals surface area contributed by atoms with Crippen molar-refractivity contribution in [3.63, 3.8) is 0 Å². The molecule has 23 heavy (non-hydrogen) atoms. The molecule has 1 aromatic heterocycles. The van der Waals surface area contributed by atoms with Gasteiger partial charge < -0.3 is 10.0 Å². The third-order valence-electron chi connectivity index (χ3n) is 4.10. The number of aliphatic carboxylic acids is 1. The van der Waals surface area contributed by atoms with Gasteiger partial charge in [-0.1, -0.05) is 24.3 Å². The number of hydrogen-bond donors (Lipinski definition) is 1. The van der Waals surface area contributed by atoms with Gasteiger partial charge in [0.25, 0.3) is 0 Å². The number of carboxylic acid groups (broad SMARTS) is 1. The summed E-state index contributed by atoms with van der Waals surface area (Å²) in [5, 5.41) is 13.4. The lowest BCUT2D eigenvalue weighted by Crippen LogP contribution is -2.48. The van der Waals surface area contributed by atoms with Gasteiger partial charge in [-0.15, -0.1) is 0 Å². The first-order valence-corrected chi connectivity index (χ1v) is 7.56. The summed E-state index contributed by atoms with van der Waals surface area (Å²) in [7, 11) is 0. The topological polar surface area (TPSA) is 88.3 Å². The molecule has 0 saturated carbocycles. The van der Waals surface area contributed by atoms with E-state index in [0.717, 1.165) is 11.1 Å². The fourth-order valence-electron chi connectivity index (χ4n) is 2.89. The van der Waals surface area contributed by atoms with Gasteiger partial charge in [-0.05, 0) is 17.5 Å². The third kappa shape index (κ3) is 3.39. The second-order valence-corrected chi connectivity index (χ2v) is 5.61. The molecule has 7 nitrogen and oxygen atoms in total. The number of aromatic nitrogens is 3. The Morgan fingerprint density at radius 3 is 2.74 bits per heavy atom. The molecule has 1 atom stereocenters. The second kappa shape index (κ2) is 6.60. The summed E-state index contributed by atoms with van der Waals surface area (Å²) < 4.78 is 1.66. The lowest BCUT2D eigenvalue weighted by atomic mass is 9.93. The van der Waals surface area contributed by atoms with Crippen LogP contribution in [0.15, 0.2) is 36.9 Å². The van der Waals surface area contributed by atoms with Crippen LogP contribution in [0, 0.1) is 0 Å². The maximum Gasteiger partial charge on any atom is 0.326 e. The highest BCUT2D eigenvalue weighted by molar-refractivity contribution is 5.84. The number of carbonyl (C=O) groups is 2. The largest absolute Gasteiger partial charge is 0.480 e. The predicted octanol–water partition coefficient (Wildman–Crippen LogP) is 1.10. The number of hydrogen-bond acceptors (Lipinski definition) is 4. The molecular formula is C16H18N4O3. The zero-order chi connectivity index (χ0) is 16.2. The lowest BCUT2D eigenvalue weighted by Gasteiger charge is -2.34. The van der Waals surface area contributed by atoms with Crippen molar-refractivity contribution in [1.82, 2.24) is 19.7 Å². The Balaban J connectivity index is 1.66. The van der Waals surface area contributed by atoms with Crippen LogP contribution in [0.4, 0.5) is 0 Å². The minimum absolute atomic E-state index is 0.132. The van der Waals surface area contributed by atoms with Crippen molar-refractivity contribution in [2.24, 2.45) is 0 Å². The van der Waals surface area contributed by atoms with Crippen LogP contribution in [-0.4, -0.2) is 42.7 Å². The van der Waals surface area contributed by atoms with E-state index >= 15 is 0 Å². The van der Waals surface area contributed by atoms with E-state index in [9.17, 15) is 14.7 Å². The molecule has 0 unspecified atom stereocenters. The van der Waals surface area contributed by atoms with E-state index < -0.39 is 12.0 Å². The van der Waals surface area contributed by atoms with Crippen molar-refractivity contribution < 1.29 is 14.7 Å². The number of aryl methyl sites for hydroxylation is 1. The second-order valence-electron chi connectivity index (χ2n) is 5.61. The van der Waals surface area contributed by atoms with Gasteiger partial charge in [-0.25, -0.2) is 9.78 Å². The highest BCUT2D eigenvalue weighted by Gasteiger charge is 2.33. The molecule has 0 aliphatic carbocycles. The Morgan fingerprint density at radius 2 is 2.04 bits per heavy atom. The van der Waals surface area contributed by atoms with E-state index in [0.29, 0.717) is 32.4 Å². The summed E-state index contributed by atoms with van der Waals surface area (Å²) in [6.07, 6.45) is 4.31. The maximum absolute atomic E-state index is 12.5. The SMILES string of the molecule is O=C(O)[C@@H]1Cc2ccccc2CN1C(=O)CCCn1cncn1. The van der Waals surface area contributed by atoms with Crippen molar-refractivity contribution >= 4 is 11.9 Å². The lowest BCUT2D eigenvalue weighted by molar-refractivity contribution is -0.151. The van der Waals surface area contributed by atoms with Crippen molar-refractivity contribution in [2.45, 2.75) is 38.4 Å². The van der Waals surface area contributed by atoms with Crippen LogP contribution in [0.2, 0.25) is 0 Å². The molecule has 1 amide bonds.